The van der Waals surface area contributed by atoms with Gasteiger partial charge in [-0.25, -0.2) is 4.39 Å². The molecule has 0 amide bonds. The van der Waals surface area contributed by atoms with Gasteiger partial charge in [0.15, 0.2) is 0 Å². The van der Waals surface area contributed by atoms with Crippen LogP contribution in [-0.4, -0.2) is 6.36 Å². The van der Waals surface area contributed by atoms with Gasteiger partial charge in [0, 0.05) is 6.42 Å². The van der Waals surface area contributed by atoms with Crippen molar-refractivity contribution < 1.29 is 9.13 Å². The molecule has 0 saturated carbocycles. The third-order valence-electron chi connectivity index (χ3n) is 3.68. The molecule has 2 unspecified atom stereocenters. The summed E-state index contributed by atoms with van der Waals surface area (Å²) in [6, 6.07) is 0. The Labute approximate surface area is 119 Å². The zero-order valence-electron chi connectivity index (χ0n) is 13.0. The number of alkyl halides is 1. The molecule has 0 spiro atoms. The van der Waals surface area contributed by atoms with Crippen molar-refractivity contribution in [2.45, 2.75) is 90.8 Å². The minimum Gasteiger partial charge on any atom is -0.469 e. The van der Waals surface area contributed by atoms with E-state index < -0.39 is 6.36 Å². The maximum absolute atomic E-state index is 13.4. The summed E-state index contributed by atoms with van der Waals surface area (Å²) in [6.45, 7) is 7.81. The Balaban J connectivity index is 3.61. The molecule has 19 heavy (non-hydrogen) atoms. The van der Waals surface area contributed by atoms with Gasteiger partial charge in [-0.1, -0.05) is 84.6 Å². The van der Waals surface area contributed by atoms with Gasteiger partial charge in [0.2, 0.25) is 6.36 Å². The van der Waals surface area contributed by atoms with Crippen molar-refractivity contribution in [1.29, 1.82) is 0 Å². The highest BCUT2D eigenvalue weighted by molar-refractivity contribution is 4.63. The fraction of sp³-hybridized carbons (Fsp3) is 0.882. The second-order valence-corrected chi connectivity index (χ2v) is 5.51. The number of halogens is 1. The maximum Gasteiger partial charge on any atom is 0.237 e. The van der Waals surface area contributed by atoms with Gasteiger partial charge in [-0.3, -0.25) is 0 Å². The molecule has 0 saturated heterocycles. The van der Waals surface area contributed by atoms with Crippen LogP contribution in [0.2, 0.25) is 0 Å². The molecule has 114 valence electrons. The largest absolute Gasteiger partial charge is 0.469 e. The van der Waals surface area contributed by atoms with Crippen LogP contribution in [0, 0.1) is 5.92 Å². The molecule has 0 aliphatic carbocycles. The molecule has 0 aromatic rings. The molecule has 0 aromatic heterocycles. The second-order valence-electron chi connectivity index (χ2n) is 5.51. The summed E-state index contributed by atoms with van der Waals surface area (Å²) in [7, 11) is 0. The van der Waals surface area contributed by atoms with E-state index in [-0.39, 0.29) is 0 Å². The van der Waals surface area contributed by atoms with Crippen LogP contribution in [0.25, 0.3) is 0 Å². The lowest BCUT2D eigenvalue weighted by molar-refractivity contribution is 0.00291. The van der Waals surface area contributed by atoms with Gasteiger partial charge in [-0.2, -0.15) is 0 Å². The lowest BCUT2D eigenvalue weighted by Crippen LogP contribution is -2.11. The molecule has 0 rings (SSSR count). The summed E-state index contributed by atoms with van der Waals surface area (Å²) < 4.78 is 18.2. The Morgan fingerprint density at radius 2 is 1.58 bits per heavy atom. The van der Waals surface area contributed by atoms with E-state index in [1.54, 1.807) is 0 Å². The molecular weight excluding hydrogens is 239 g/mol. The van der Waals surface area contributed by atoms with Gasteiger partial charge in [-0.15, -0.1) is 0 Å². The Hall–Kier alpha value is -0.530. The van der Waals surface area contributed by atoms with Crippen LogP contribution >= 0.6 is 0 Å². The quantitative estimate of drug-likeness (QED) is 0.263. The molecule has 0 bridgehead atoms. The van der Waals surface area contributed by atoms with Crippen LogP contribution < -0.4 is 0 Å². The highest BCUT2D eigenvalue weighted by Crippen LogP contribution is 2.23. The molecule has 0 aliphatic heterocycles. The average molecular weight is 272 g/mol. The molecule has 1 nitrogen and oxygen atoms in total. The van der Waals surface area contributed by atoms with Crippen molar-refractivity contribution in [3.05, 3.63) is 12.8 Å². The lowest BCUT2D eigenvalue weighted by atomic mass is 9.93. The van der Waals surface area contributed by atoms with Crippen LogP contribution in [0.15, 0.2) is 12.8 Å². The molecule has 2 atom stereocenters. The predicted octanol–water partition coefficient (Wildman–Crippen LogP) is 6.39. The first kappa shape index (κ1) is 18.5. The molecule has 0 fully saturated rings. The normalized spacial score (nSPS) is 14.1. The van der Waals surface area contributed by atoms with E-state index in [0.29, 0.717) is 12.3 Å². The van der Waals surface area contributed by atoms with Crippen LogP contribution in [0.5, 0.6) is 0 Å². The molecular formula is C17H33FO. The number of unbranched alkanes of at least 4 members (excludes halogenated alkanes) is 6. The summed E-state index contributed by atoms with van der Waals surface area (Å²) in [6.07, 6.45) is 13.2. The van der Waals surface area contributed by atoms with E-state index in [9.17, 15) is 4.39 Å². The first-order chi connectivity index (χ1) is 9.24. The van der Waals surface area contributed by atoms with E-state index in [4.69, 9.17) is 4.74 Å². The van der Waals surface area contributed by atoms with Crippen molar-refractivity contribution >= 4 is 0 Å². The molecule has 0 radical (unpaired) electrons. The number of hydrogen-bond donors (Lipinski definition) is 0. The van der Waals surface area contributed by atoms with E-state index >= 15 is 0 Å². The minimum absolute atomic E-state index is 0.468. The molecule has 0 aliphatic rings. The van der Waals surface area contributed by atoms with Crippen LogP contribution in [0.3, 0.4) is 0 Å². The summed E-state index contributed by atoms with van der Waals surface area (Å²) in [5.41, 5.74) is 0. The monoisotopic (exact) mass is 272 g/mol. The van der Waals surface area contributed by atoms with Crippen LogP contribution in [0.4, 0.5) is 4.39 Å². The summed E-state index contributed by atoms with van der Waals surface area (Å²) >= 11 is 0. The third-order valence-corrected chi connectivity index (χ3v) is 3.68. The van der Waals surface area contributed by atoms with E-state index in [1.807, 2.05) is 0 Å². The van der Waals surface area contributed by atoms with Crippen molar-refractivity contribution in [2.24, 2.45) is 5.92 Å². The number of rotatable bonds is 14. The first-order valence-electron chi connectivity index (χ1n) is 8.15. The van der Waals surface area contributed by atoms with Gasteiger partial charge < -0.3 is 4.74 Å². The van der Waals surface area contributed by atoms with Crippen molar-refractivity contribution in [3.63, 3.8) is 0 Å². The summed E-state index contributed by atoms with van der Waals surface area (Å²) in [5, 5.41) is 0. The zero-order valence-corrected chi connectivity index (χ0v) is 13.0. The van der Waals surface area contributed by atoms with Crippen molar-refractivity contribution in [2.75, 3.05) is 0 Å². The third kappa shape index (κ3) is 12.3. The van der Waals surface area contributed by atoms with Gasteiger partial charge in [0.1, 0.15) is 0 Å². The maximum atomic E-state index is 13.4. The topological polar surface area (TPSA) is 9.23 Å². The van der Waals surface area contributed by atoms with Gasteiger partial charge in [0.05, 0.1) is 6.26 Å². The Morgan fingerprint density at radius 1 is 0.947 bits per heavy atom. The van der Waals surface area contributed by atoms with E-state index in [0.717, 1.165) is 19.3 Å². The first-order valence-corrected chi connectivity index (χ1v) is 8.15. The Bertz CT molecular complexity index is 194. The van der Waals surface area contributed by atoms with Crippen molar-refractivity contribution in [3.8, 4) is 0 Å². The number of hydrogen-bond acceptors (Lipinski definition) is 1. The number of ether oxygens (including phenoxy) is 1. The molecule has 2 heteroatoms. The van der Waals surface area contributed by atoms with Gasteiger partial charge in [0.25, 0.3) is 0 Å². The van der Waals surface area contributed by atoms with Gasteiger partial charge in [-0.05, 0) is 5.92 Å². The lowest BCUT2D eigenvalue weighted by Gasteiger charge is -2.18. The van der Waals surface area contributed by atoms with Crippen LogP contribution in [0.1, 0.15) is 84.5 Å². The zero-order chi connectivity index (χ0) is 14.3. The Morgan fingerprint density at radius 3 is 2.16 bits per heavy atom. The average Bonchev–Trinajstić information content (AvgIpc) is 2.38. The predicted molar refractivity (Wildman–Crippen MR) is 81.8 cm³/mol. The Kier molecular flexibility index (Phi) is 13.5. The molecule has 0 heterocycles. The molecule has 0 aromatic carbocycles. The SMILES string of the molecule is C=COC(F)CC(CCC)CCCCCCCCC. The minimum atomic E-state index is -1.17. The smallest absolute Gasteiger partial charge is 0.237 e. The standard InChI is InChI=1S/C17H33FO/c1-4-7-8-9-10-11-12-14-16(13-5-2)15-17(18)19-6-3/h6,16-17H,3-5,7-15H2,1-2H3. The molecule has 0 N–H and O–H groups in total. The van der Waals surface area contributed by atoms with E-state index in [1.165, 1.54) is 51.2 Å². The summed E-state index contributed by atoms with van der Waals surface area (Å²) in [4.78, 5) is 0. The van der Waals surface area contributed by atoms with Crippen molar-refractivity contribution in [1.82, 2.24) is 0 Å². The fourth-order valence-corrected chi connectivity index (χ4v) is 2.60. The van der Waals surface area contributed by atoms with Gasteiger partial charge >= 0.3 is 0 Å². The highest BCUT2D eigenvalue weighted by Gasteiger charge is 2.15. The highest BCUT2D eigenvalue weighted by atomic mass is 19.1. The fourth-order valence-electron chi connectivity index (χ4n) is 2.60. The van der Waals surface area contributed by atoms with Crippen LogP contribution in [-0.2, 0) is 4.74 Å². The second kappa shape index (κ2) is 13.9. The van der Waals surface area contributed by atoms with E-state index in [2.05, 4.69) is 20.4 Å². The summed E-state index contributed by atoms with van der Waals surface area (Å²) in [5.74, 6) is 0.468.